The molecule has 1 atom stereocenters. The Morgan fingerprint density at radius 1 is 0.912 bits per heavy atom. The third kappa shape index (κ3) is 4.58. The Kier molecular flexibility index (Phi) is 6.14. The smallest absolute Gasteiger partial charge is 0.267 e. The number of thioether (sulfide) groups is 1. The maximum absolute atomic E-state index is 13.5. The molecule has 168 valence electrons. The molecule has 0 unspecified atom stereocenters. The molecule has 0 aliphatic carbocycles. The van der Waals surface area contributed by atoms with Crippen molar-refractivity contribution >= 4 is 34.6 Å². The number of carbonyl (C=O) groups excluding carboxylic acids is 1. The van der Waals surface area contributed by atoms with E-state index in [4.69, 9.17) is 9.41 Å². The molecule has 0 bridgehead atoms. The van der Waals surface area contributed by atoms with Gasteiger partial charge in [0.15, 0.2) is 5.17 Å². The van der Waals surface area contributed by atoms with Gasteiger partial charge in [-0.15, -0.1) is 0 Å². The summed E-state index contributed by atoms with van der Waals surface area (Å²) in [6.45, 7) is 2.00. The van der Waals surface area contributed by atoms with Crippen molar-refractivity contribution in [3.05, 3.63) is 119 Å². The van der Waals surface area contributed by atoms with Gasteiger partial charge in [0.2, 0.25) is 0 Å². The van der Waals surface area contributed by atoms with Gasteiger partial charge in [-0.3, -0.25) is 9.69 Å². The molecule has 1 aliphatic rings. The molecule has 1 saturated heterocycles. The van der Waals surface area contributed by atoms with Crippen molar-refractivity contribution in [3.63, 3.8) is 0 Å². The summed E-state index contributed by atoms with van der Waals surface area (Å²) in [5.41, 5.74) is 2.57. The van der Waals surface area contributed by atoms with Gasteiger partial charge in [-0.1, -0.05) is 48.5 Å². The van der Waals surface area contributed by atoms with Gasteiger partial charge in [-0.05, 0) is 72.8 Å². The Bertz CT molecular complexity index is 1360. The molecule has 34 heavy (non-hydrogen) atoms. The fourth-order valence-electron chi connectivity index (χ4n) is 3.73. The van der Waals surface area contributed by atoms with Crippen LogP contribution >= 0.6 is 11.8 Å². The highest BCUT2D eigenvalue weighted by Crippen LogP contribution is 2.39. The summed E-state index contributed by atoms with van der Waals surface area (Å²) < 4.78 is 19.2. The van der Waals surface area contributed by atoms with Gasteiger partial charge in [0, 0.05) is 11.6 Å². The van der Waals surface area contributed by atoms with E-state index < -0.39 is 0 Å². The number of hydrogen-bond donors (Lipinski definition) is 0. The van der Waals surface area contributed by atoms with Crippen molar-refractivity contribution < 1.29 is 13.6 Å². The molecule has 1 aromatic heterocycles. The summed E-state index contributed by atoms with van der Waals surface area (Å²) in [5, 5.41) is 0.615. The number of aliphatic imine (C=N–C) groups is 1. The number of para-hydroxylation sites is 1. The van der Waals surface area contributed by atoms with Crippen LogP contribution in [0.5, 0.6) is 0 Å². The van der Waals surface area contributed by atoms with E-state index in [1.54, 1.807) is 29.2 Å². The lowest BCUT2D eigenvalue weighted by atomic mass is 10.1. The molecule has 1 aliphatic heterocycles. The molecule has 6 heteroatoms. The third-order valence-electron chi connectivity index (χ3n) is 5.52. The molecule has 1 amide bonds. The molecule has 1 fully saturated rings. The van der Waals surface area contributed by atoms with Crippen LogP contribution in [0.2, 0.25) is 0 Å². The Morgan fingerprint density at radius 2 is 1.59 bits per heavy atom. The number of hydrogen-bond acceptors (Lipinski definition) is 4. The second-order valence-corrected chi connectivity index (χ2v) is 8.82. The van der Waals surface area contributed by atoms with Crippen LogP contribution in [0.3, 0.4) is 0 Å². The largest absolute Gasteiger partial charge is 0.457 e. The van der Waals surface area contributed by atoms with E-state index in [0.29, 0.717) is 21.6 Å². The number of carbonyl (C=O) groups is 1. The molecule has 0 spiro atoms. The molecule has 0 radical (unpaired) electrons. The standard InChI is InChI=1S/C28H21FN2O2S/c1-19(20-8-4-2-5-9-20)31-27(32)26(34-28(31)30-23-10-6-3-7-11-23)18-24-16-17-25(33-24)21-12-14-22(29)15-13-21/h2-19H,1H3/b26-18+,30-28?/t19-/m1/s1. The predicted molar refractivity (Wildman–Crippen MR) is 135 cm³/mol. The molecule has 0 saturated carbocycles. The fourth-order valence-corrected chi connectivity index (χ4v) is 4.78. The van der Waals surface area contributed by atoms with E-state index in [-0.39, 0.29) is 17.8 Å². The van der Waals surface area contributed by atoms with E-state index in [0.717, 1.165) is 16.8 Å². The topological polar surface area (TPSA) is 45.8 Å². The van der Waals surface area contributed by atoms with E-state index in [1.165, 1.54) is 23.9 Å². The highest BCUT2D eigenvalue weighted by atomic mass is 32.2. The number of benzene rings is 3. The third-order valence-corrected chi connectivity index (χ3v) is 6.50. The van der Waals surface area contributed by atoms with Crippen molar-refractivity contribution in [2.75, 3.05) is 0 Å². The van der Waals surface area contributed by atoms with E-state index >= 15 is 0 Å². The molecule has 4 aromatic rings. The van der Waals surface area contributed by atoms with Gasteiger partial charge in [0.25, 0.3) is 5.91 Å². The SMILES string of the molecule is C[C@H](c1ccccc1)N1C(=O)/C(=C\c2ccc(-c3ccc(F)cc3)o2)SC1=Nc1ccccc1. The average molecular weight is 469 g/mol. The zero-order valence-corrected chi connectivity index (χ0v) is 19.2. The van der Waals surface area contributed by atoms with Crippen molar-refractivity contribution in [1.29, 1.82) is 0 Å². The van der Waals surface area contributed by atoms with E-state index in [2.05, 4.69) is 0 Å². The number of rotatable bonds is 5. The summed E-state index contributed by atoms with van der Waals surface area (Å²) in [4.78, 5) is 20.5. The molecular formula is C28H21FN2O2S. The summed E-state index contributed by atoms with van der Waals surface area (Å²) >= 11 is 1.32. The number of furan rings is 1. The minimum atomic E-state index is -0.302. The van der Waals surface area contributed by atoms with Gasteiger partial charge < -0.3 is 4.42 Å². The molecule has 5 rings (SSSR count). The van der Waals surface area contributed by atoms with Crippen LogP contribution < -0.4 is 0 Å². The molecule has 2 heterocycles. The summed E-state index contributed by atoms with van der Waals surface area (Å²) in [6, 6.07) is 29.0. The molecule has 0 N–H and O–H groups in total. The second-order valence-electron chi connectivity index (χ2n) is 7.81. The predicted octanol–water partition coefficient (Wildman–Crippen LogP) is 7.45. The Morgan fingerprint density at radius 3 is 2.29 bits per heavy atom. The van der Waals surface area contributed by atoms with Crippen LogP contribution in [0.4, 0.5) is 10.1 Å². The number of nitrogens with zero attached hydrogens (tertiary/aromatic N) is 2. The Hall–Kier alpha value is -3.90. The van der Waals surface area contributed by atoms with Gasteiger partial charge >= 0.3 is 0 Å². The van der Waals surface area contributed by atoms with Crippen LogP contribution in [0.1, 0.15) is 24.3 Å². The summed E-state index contributed by atoms with van der Waals surface area (Å²) in [5.74, 6) is 0.720. The van der Waals surface area contributed by atoms with Crippen LogP contribution in [0.15, 0.2) is 111 Å². The average Bonchev–Trinajstić information content (AvgIpc) is 3.45. The molecular weight excluding hydrogens is 447 g/mol. The second kappa shape index (κ2) is 9.53. The zero-order valence-electron chi connectivity index (χ0n) is 18.4. The van der Waals surface area contributed by atoms with Crippen molar-refractivity contribution in [3.8, 4) is 11.3 Å². The Labute approximate surface area is 201 Å². The summed E-state index contributed by atoms with van der Waals surface area (Å²) in [7, 11) is 0. The Balaban J connectivity index is 1.49. The number of amides is 1. The number of amidine groups is 1. The fraction of sp³-hybridized carbons (Fsp3) is 0.0714. The monoisotopic (exact) mass is 468 g/mol. The van der Waals surface area contributed by atoms with Crippen LogP contribution in [-0.4, -0.2) is 16.0 Å². The lowest BCUT2D eigenvalue weighted by molar-refractivity contribution is -0.123. The van der Waals surface area contributed by atoms with Gasteiger partial charge in [-0.2, -0.15) is 0 Å². The maximum atomic E-state index is 13.5. The van der Waals surface area contributed by atoms with Crippen molar-refractivity contribution in [1.82, 2.24) is 4.90 Å². The van der Waals surface area contributed by atoms with E-state index in [1.807, 2.05) is 73.7 Å². The van der Waals surface area contributed by atoms with E-state index in [9.17, 15) is 9.18 Å². The van der Waals surface area contributed by atoms with Gasteiger partial charge in [0.05, 0.1) is 16.6 Å². The first kappa shape index (κ1) is 21.9. The normalized spacial score (nSPS) is 17.0. The zero-order chi connectivity index (χ0) is 23.5. The molecule has 4 nitrogen and oxygen atoms in total. The van der Waals surface area contributed by atoms with Crippen LogP contribution in [0, 0.1) is 5.82 Å². The van der Waals surface area contributed by atoms with Crippen molar-refractivity contribution in [2.45, 2.75) is 13.0 Å². The first-order valence-corrected chi connectivity index (χ1v) is 11.7. The van der Waals surface area contributed by atoms with Crippen LogP contribution in [0.25, 0.3) is 17.4 Å². The van der Waals surface area contributed by atoms with Crippen LogP contribution in [-0.2, 0) is 4.79 Å². The first-order valence-electron chi connectivity index (χ1n) is 10.9. The minimum absolute atomic E-state index is 0.129. The number of halogens is 1. The quantitative estimate of drug-likeness (QED) is 0.286. The van der Waals surface area contributed by atoms with Gasteiger partial charge in [-0.25, -0.2) is 9.38 Å². The first-order chi connectivity index (χ1) is 16.6. The minimum Gasteiger partial charge on any atom is -0.457 e. The highest BCUT2D eigenvalue weighted by Gasteiger charge is 2.37. The lowest BCUT2D eigenvalue weighted by Gasteiger charge is -2.24. The lowest BCUT2D eigenvalue weighted by Crippen LogP contribution is -2.32. The maximum Gasteiger partial charge on any atom is 0.267 e. The highest BCUT2D eigenvalue weighted by molar-refractivity contribution is 8.18. The molecule has 3 aromatic carbocycles. The summed E-state index contributed by atoms with van der Waals surface area (Å²) in [6.07, 6.45) is 1.73. The van der Waals surface area contributed by atoms with Crippen molar-refractivity contribution in [2.24, 2.45) is 4.99 Å². The van der Waals surface area contributed by atoms with Gasteiger partial charge in [0.1, 0.15) is 17.3 Å².